The molecule has 2 N–H and O–H groups in total. The Bertz CT molecular complexity index is 488. The third-order valence-electron chi connectivity index (χ3n) is 4.60. The van der Waals surface area contributed by atoms with E-state index in [0.29, 0.717) is 5.41 Å². The molecule has 1 saturated heterocycles. The summed E-state index contributed by atoms with van der Waals surface area (Å²) < 4.78 is 1.77. The second-order valence-corrected chi connectivity index (χ2v) is 5.88. The van der Waals surface area contributed by atoms with E-state index in [9.17, 15) is 4.79 Å². The van der Waals surface area contributed by atoms with Gasteiger partial charge in [-0.15, -0.1) is 0 Å². The zero-order chi connectivity index (χ0) is 13.5. The fourth-order valence-corrected chi connectivity index (χ4v) is 3.32. The molecule has 0 bridgehead atoms. The quantitative estimate of drug-likeness (QED) is 0.863. The molecule has 19 heavy (non-hydrogen) atoms. The first-order valence-corrected chi connectivity index (χ1v) is 7.19. The molecule has 1 aromatic rings. The standard InChI is InChI=1S/C14H22N4O/c1-3-11-12(9-18(2)17-11)16-13(19)10-8-14(10)4-6-15-7-5-14/h9-10,15H,3-8H2,1-2H3,(H,16,19). The van der Waals surface area contributed by atoms with Gasteiger partial charge in [0.2, 0.25) is 5.91 Å². The molecule has 2 fully saturated rings. The SMILES string of the molecule is CCc1nn(C)cc1NC(=O)C1CC12CCNCC2. The van der Waals surface area contributed by atoms with Crippen molar-refractivity contribution in [3.05, 3.63) is 11.9 Å². The summed E-state index contributed by atoms with van der Waals surface area (Å²) in [4.78, 5) is 12.4. The molecule has 1 unspecified atom stereocenters. The zero-order valence-electron chi connectivity index (χ0n) is 11.7. The van der Waals surface area contributed by atoms with Gasteiger partial charge in [0, 0.05) is 19.2 Å². The van der Waals surface area contributed by atoms with Crippen LogP contribution in [0.3, 0.4) is 0 Å². The molecule has 2 aliphatic rings. The predicted octanol–water partition coefficient (Wildman–Crippen LogP) is 1.31. The van der Waals surface area contributed by atoms with Crippen molar-refractivity contribution < 1.29 is 4.79 Å². The summed E-state index contributed by atoms with van der Waals surface area (Å²) in [5, 5.41) is 10.8. The first-order valence-electron chi connectivity index (χ1n) is 7.19. The van der Waals surface area contributed by atoms with Crippen LogP contribution in [0, 0.1) is 11.3 Å². The molecule has 1 aliphatic carbocycles. The smallest absolute Gasteiger partial charge is 0.228 e. The van der Waals surface area contributed by atoms with Crippen molar-refractivity contribution in [2.45, 2.75) is 32.6 Å². The Morgan fingerprint density at radius 3 is 3.00 bits per heavy atom. The van der Waals surface area contributed by atoms with Gasteiger partial charge in [0.15, 0.2) is 0 Å². The number of anilines is 1. The fourth-order valence-electron chi connectivity index (χ4n) is 3.32. The molecule has 1 aromatic heterocycles. The van der Waals surface area contributed by atoms with Gasteiger partial charge >= 0.3 is 0 Å². The molecule has 0 aromatic carbocycles. The predicted molar refractivity (Wildman–Crippen MR) is 73.9 cm³/mol. The monoisotopic (exact) mass is 262 g/mol. The third kappa shape index (κ3) is 2.27. The van der Waals surface area contributed by atoms with E-state index in [-0.39, 0.29) is 11.8 Å². The Morgan fingerprint density at radius 2 is 2.32 bits per heavy atom. The molecule has 104 valence electrons. The largest absolute Gasteiger partial charge is 0.323 e. The molecule has 1 saturated carbocycles. The average Bonchev–Trinajstić information content (AvgIpc) is 2.97. The Labute approximate surface area is 113 Å². The number of carbonyl (C=O) groups is 1. The van der Waals surface area contributed by atoms with Crippen LogP contribution in [-0.4, -0.2) is 28.8 Å². The highest BCUT2D eigenvalue weighted by Crippen LogP contribution is 2.58. The summed E-state index contributed by atoms with van der Waals surface area (Å²) in [5.74, 6) is 0.393. The van der Waals surface area contributed by atoms with Gasteiger partial charge in [-0.05, 0) is 44.2 Å². The van der Waals surface area contributed by atoms with Crippen LogP contribution in [0.25, 0.3) is 0 Å². The molecule has 5 heteroatoms. The van der Waals surface area contributed by atoms with Crippen molar-refractivity contribution in [2.75, 3.05) is 18.4 Å². The van der Waals surface area contributed by atoms with E-state index in [1.165, 1.54) is 0 Å². The van der Waals surface area contributed by atoms with Crippen LogP contribution in [0.2, 0.25) is 0 Å². The lowest BCUT2D eigenvalue weighted by atomic mass is 9.92. The van der Waals surface area contributed by atoms with E-state index in [4.69, 9.17) is 0 Å². The minimum atomic E-state index is 0.185. The summed E-state index contributed by atoms with van der Waals surface area (Å²) >= 11 is 0. The van der Waals surface area contributed by atoms with Crippen molar-refractivity contribution in [3.8, 4) is 0 Å². The normalized spacial score (nSPS) is 24.4. The van der Waals surface area contributed by atoms with Crippen molar-refractivity contribution >= 4 is 11.6 Å². The van der Waals surface area contributed by atoms with Gasteiger partial charge in [-0.2, -0.15) is 5.10 Å². The summed E-state index contributed by atoms with van der Waals surface area (Å²) in [6.45, 7) is 4.16. The molecule has 1 spiro atoms. The van der Waals surface area contributed by atoms with Crippen molar-refractivity contribution in [2.24, 2.45) is 18.4 Å². The third-order valence-corrected chi connectivity index (χ3v) is 4.60. The summed E-state index contributed by atoms with van der Waals surface area (Å²) in [7, 11) is 1.89. The lowest BCUT2D eigenvalue weighted by Gasteiger charge is -2.23. The second kappa shape index (κ2) is 4.63. The van der Waals surface area contributed by atoms with E-state index >= 15 is 0 Å². The Hall–Kier alpha value is -1.36. The number of nitrogens with one attached hydrogen (secondary N) is 2. The molecule has 3 rings (SSSR count). The Balaban J connectivity index is 1.66. The fraction of sp³-hybridized carbons (Fsp3) is 0.714. The molecule has 0 radical (unpaired) electrons. The molecular formula is C14H22N4O. The lowest BCUT2D eigenvalue weighted by Crippen LogP contribution is -2.31. The lowest BCUT2D eigenvalue weighted by molar-refractivity contribution is -0.118. The van der Waals surface area contributed by atoms with Gasteiger partial charge in [-0.1, -0.05) is 6.92 Å². The first-order chi connectivity index (χ1) is 9.14. The van der Waals surface area contributed by atoms with Crippen LogP contribution >= 0.6 is 0 Å². The Kier molecular flexibility index (Phi) is 3.09. The highest BCUT2D eigenvalue weighted by atomic mass is 16.2. The maximum Gasteiger partial charge on any atom is 0.228 e. The van der Waals surface area contributed by atoms with Gasteiger partial charge in [-0.3, -0.25) is 9.48 Å². The van der Waals surface area contributed by atoms with E-state index in [2.05, 4.69) is 22.7 Å². The summed E-state index contributed by atoms with van der Waals surface area (Å²) in [6.07, 6.45) is 6.07. The minimum absolute atomic E-state index is 0.185. The van der Waals surface area contributed by atoms with Gasteiger partial charge in [0.25, 0.3) is 0 Å². The highest BCUT2D eigenvalue weighted by Gasteiger charge is 2.57. The van der Waals surface area contributed by atoms with E-state index in [0.717, 1.165) is 50.2 Å². The van der Waals surface area contributed by atoms with E-state index < -0.39 is 0 Å². The number of aryl methyl sites for hydroxylation is 2. The number of carbonyl (C=O) groups excluding carboxylic acids is 1. The number of aromatic nitrogens is 2. The topological polar surface area (TPSA) is 59.0 Å². The maximum atomic E-state index is 12.4. The highest BCUT2D eigenvalue weighted by molar-refractivity contribution is 5.95. The van der Waals surface area contributed by atoms with Crippen molar-refractivity contribution in [3.63, 3.8) is 0 Å². The zero-order valence-corrected chi connectivity index (χ0v) is 11.7. The number of nitrogens with zero attached hydrogens (tertiary/aromatic N) is 2. The number of hydrogen-bond donors (Lipinski definition) is 2. The van der Waals surface area contributed by atoms with Crippen LogP contribution < -0.4 is 10.6 Å². The minimum Gasteiger partial charge on any atom is -0.323 e. The molecule has 1 amide bonds. The summed E-state index contributed by atoms with van der Waals surface area (Å²) in [6, 6.07) is 0. The maximum absolute atomic E-state index is 12.4. The number of piperidine rings is 1. The van der Waals surface area contributed by atoms with Crippen LogP contribution in [0.4, 0.5) is 5.69 Å². The van der Waals surface area contributed by atoms with Gasteiger partial charge in [0.05, 0.1) is 11.4 Å². The van der Waals surface area contributed by atoms with Gasteiger partial charge in [-0.25, -0.2) is 0 Å². The van der Waals surface area contributed by atoms with E-state index in [1.807, 2.05) is 13.2 Å². The number of rotatable bonds is 3. The van der Waals surface area contributed by atoms with Crippen LogP contribution in [0.1, 0.15) is 31.9 Å². The molecule has 2 heterocycles. The second-order valence-electron chi connectivity index (χ2n) is 5.88. The van der Waals surface area contributed by atoms with Crippen LogP contribution in [0.15, 0.2) is 6.20 Å². The Morgan fingerprint density at radius 1 is 1.58 bits per heavy atom. The van der Waals surface area contributed by atoms with Crippen LogP contribution in [-0.2, 0) is 18.3 Å². The van der Waals surface area contributed by atoms with Crippen molar-refractivity contribution in [1.29, 1.82) is 0 Å². The number of amides is 1. The molecule has 5 nitrogen and oxygen atoms in total. The molecule has 1 atom stereocenters. The van der Waals surface area contributed by atoms with Gasteiger partial charge < -0.3 is 10.6 Å². The summed E-state index contributed by atoms with van der Waals surface area (Å²) in [5.41, 5.74) is 2.14. The van der Waals surface area contributed by atoms with Gasteiger partial charge in [0.1, 0.15) is 0 Å². The average molecular weight is 262 g/mol. The first kappa shape index (κ1) is 12.7. The molecular weight excluding hydrogens is 240 g/mol. The molecule has 1 aliphatic heterocycles. The van der Waals surface area contributed by atoms with E-state index in [1.54, 1.807) is 4.68 Å². The van der Waals surface area contributed by atoms with Crippen LogP contribution in [0.5, 0.6) is 0 Å². The van der Waals surface area contributed by atoms with Crippen molar-refractivity contribution in [1.82, 2.24) is 15.1 Å². The number of hydrogen-bond acceptors (Lipinski definition) is 3.